The molecule has 0 saturated heterocycles. The molecule has 0 fully saturated rings. The maximum Gasteiger partial charge on any atom is 0.435 e. The Morgan fingerprint density at radius 2 is 1.31 bits per heavy atom. The van der Waals surface area contributed by atoms with Crippen molar-refractivity contribution in [2.24, 2.45) is 0 Å². The summed E-state index contributed by atoms with van der Waals surface area (Å²) in [4.78, 5) is 50.6. The van der Waals surface area contributed by atoms with Crippen molar-refractivity contribution >= 4 is 46.6 Å². The molecule has 0 bridgehead atoms. The molecule has 0 aliphatic rings. The van der Waals surface area contributed by atoms with Crippen molar-refractivity contribution in [2.45, 2.75) is 25.9 Å². The van der Waals surface area contributed by atoms with Crippen molar-refractivity contribution in [3.8, 4) is 22.7 Å². The standard InChI is InChI=1S/C36H28Cl3F3N8O4/c1-2-43-33(52)27-20-50(46-31(27)36(40,41)42)26-11-7-23(8-12-26)47-16-13-21(29(38)34(47)53)4-3-15-44-32(51)22-18-45-49(19-22)25-9-5-24(6-10-25)48-17-14-28(37)30(39)35(48)54/h5-14,16-20H,2-4,15H2,1H3,(H,43,52)(H,44,51). The third kappa shape index (κ3) is 7.98. The molecule has 0 aliphatic heterocycles. The number of halogens is 6. The van der Waals surface area contributed by atoms with Crippen LogP contribution in [0, 0.1) is 0 Å². The molecule has 0 saturated carbocycles. The summed E-state index contributed by atoms with van der Waals surface area (Å²) in [5.74, 6) is -1.25. The fourth-order valence-corrected chi connectivity index (χ4v) is 6.01. The van der Waals surface area contributed by atoms with Crippen LogP contribution in [0.25, 0.3) is 22.7 Å². The maximum absolute atomic E-state index is 13.6. The van der Waals surface area contributed by atoms with E-state index in [0.29, 0.717) is 41.0 Å². The van der Waals surface area contributed by atoms with Gasteiger partial charge in [-0.1, -0.05) is 34.8 Å². The van der Waals surface area contributed by atoms with Crippen molar-refractivity contribution in [2.75, 3.05) is 13.1 Å². The molecule has 6 rings (SSSR count). The molecular weight excluding hydrogens is 772 g/mol. The van der Waals surface area contributed by atoms with Gasteiger partial charge < -0.3 is 10.6 Å². The molecule has 0 radical (unpaired) electrons. The minimum atomic E-state index is -4.84. The van der Waals surface area contributed by atoms with E-state index in [1.165, 1.54) is 62.7 Å². The van der Waals surface area contributed by atoms with Crippen LogP contribution in [0.4, 0.5) is 13.2 Å². The normalized spacial score (nSPS) is 11.5. The van der Waals surface area contributed by atoms with Crippen LogP contribution in [0.5, 0.6) is 0 Å². The lowest BCUT2D eigenvalue weighted by Crippen LogP contribution is -2.25. The van der Waals surface area contributed by atoms with Gasteiger partial charge in [-0.3, -0.25) is 28.3 Å². The maximum atomic E-state index is 13.6. The summed E-state index contributed by atoms with van der Waals surface area (Å²) < 4.78 is 45.8. The summed E-state index contributed by atoms with van der Waals surface area (Å²) >= 11 is 18.3. The summed E-state index contributed by atoms with van der Waals surface area (Å²) in [5.41, 5.74) is -0.147. The molecule has 0 unspecified atom stereocenters. The number of carbonyl (C=O) groups is 2. The van der Waals surface area contributed by atoms with Crippen LogP contribution < -0.4 is 21.8 Å². The highest BCUT2D eigenvalue weighted by Gasteiger charge is 2.39. The Bertz CT molecular complexity index is 2470. The van der Waals surface area contributed by atoms with Crippen LogP contribution in [0.2, 0.25) is 15.1 Å². The van der Waals surface area contributed by atoms with E-state index in [9.17, 15) is 32.3 Å². The van der Waals surface area contributed by atoms with Gasteiger partial charge in [-0.15, -0.1) is 0 Å². The number of hydrogen-bond donors (Lipinski definition) is 2. The predicted octanol–water partition coefficient (Wildman–Crippen LogP) is 6.45. The van der Waals surface area contributed by atoms with Crippen molar-refractivity contribution in [3.63, 3.8) is 0 Å². The smallest absolute Gasteiger partial charge is 0.352 e. The SMILES string of the molecule is CCNC(=O)c1cn(-c2ccc(-n3ccc(CCCNC(=O)c4cnn(-c5ccc(-n6ccc(Cl)c(Cl)c6=O)cc5)c4)c(Cl)c3=O)cc2)nc1C(F)(F)F. The zero-order valence-corrected chi connectivity index (χ0v) is 30.3. The lowest BCUT2D eigenvalue weighted by atomic mass is 10.1. The van der Waals surface area contributed by atoms with Crippen molar-refractivity contribution < 1.29 is 22.8 Å². The fourth-order valence-electron chi connectivity index (χ4n) is 5.47. The average Bonchev–Trinajstić information content (AvgIpc) is 3.84. The first kappa shape index (κ1) is 38.1. The van der Waals surface area contributed by atoms with Crippen molar-refractivity contribution in [1.82, 2.24) is 39.3 Å². The highest BCUT2D eigenvalue weighted by Crippen LogP contribution is 2.31. The third-order valence-electron chi connectivity index (χ3n) is 8.20. The Hall–Kier alpha value is -5.64. The first-order valence-electron chi connectivity index (χ1n) is 16.2. The number of alkyl halides is 3. The molecule has 6 aromatic rings. The Kier molecular flexibility index (Phi) is 11.1. The van der Waals surface area contributed by atoms with Crippen LogP contribution in [0.15, 0.2) is 101 Å². The minimum Gasteiger partial charge on any atom is -0.352 e. The van der Waals surface area contributed by atoms with E-state index in [2.05, 4.69) is 20.8 Å². The van der Waals surface area contributed by atoms with E-state index in [1.54, 1.807) is 43.5 Å². The zero-order valence-electron chi connectivity index (χ0n) is 28.1. The molecule has 4 heterocycles. The Labute approximate surface area is 319 Å². The number of amides is 2. The molecule has 12 nitrogen and oxygen atoms in total. The molecule has 4 aromatic heterocycles. The number of aromatic nitrogens is 6. The predicted molar refractivity (Wildman–Crippen MR) is 197 cm³/mol. The van der Waals surface area contributed by atoms with Gasteiger partial charge in [0, 0.05) is 49.3 Å². The largest absolute Gasteiger partial charge is 0.435 e. The number of pyridine rings is 2. The Balaban J connectivity index is 1.05. The van der Waals surface area contributed by atoms with Gasteiger partial charge in [0.05, 0.1) is 33.7 Å². The van der Waals surface area contributed by atoms with Gasteiger partial charge in [0.15, 0.2) is 5.69 Å². The van der Waals surface area contributed by atoms with Crippen LogP contribution in [0.1, 0.15) is 45.3 Å². The summed E-state index contributed by atoms with van der Waals surface area (Å²) in [6.45, 7) is 2.01. The van der Waals surface area contributed by atoms with Gasteiger partial charge in [-0.25, -0.2) is 9.36 Å². The van der Waals surface area contributed by atoms with E-state index in [-0.39, 0.29) is 39.8 Å². The number of aryl methyl sites for hydroxylation is 1. The molecule has 54 heavy (non-hydrogen) atoms. The number of rotatable bonds is 11. The number of carbonyl (C=O) groups excluding carboxylic acids is 2. The molecule has 0 atom stereocenters. The topological polar surface area (TPSA) is 138 Å². The van der Waals surface area contributed by atoms with Gasteiger partial charge >= 0.3 is 6.18 Å². The minimum absolute atomic E-state index is 0.0160. The van der Waals surface area contributed by atoms with Gasteiger partial charge in [-0.05, 0) is 86.0 Å². The number of nitrogens with zero attached hydrogens (tertiary/aromatic N) is 6. The monoisotopic (exact) mass is 798 g/mol. The first-order chi connectivity index (χ1) is 25.8. The van der Waals surface area contributed by atoms with Crippen molar-refractivity contribution in [3.05, 3.63) is 150 Å². The quantitative estimate of drug-likeness (QED) is 0.145. The molecule has 0 aliphatic carbocycles. The van der Waals surface area contributed by atoms with Crippen LogP contribution in [-0.4, -0.2) is 53.6 Å². The molecule has 2 amide bonds. The third-order valence-corrected chi connectivity index (χ3v) is 9.38. The van der Waals surface area contributed by atoms with E-state index < -0.39 is 34.5 Å². The van der Waals surface area contributed by atoms with Crippen LogP contribution in [-0.2, 0) is 12.6 Å². The van der Waals surface area contributed by atoms with Crippen molar-refractivity contribution in [1.29, 1.82) is 0 Å². The van der Waals surface area contributed by atoms with Gasteiger partial charge in [0.2, 0.25) is 0 Å². The lowest BCUT2D eigenvalue weighted by molar-refractivity contribution is -0.141. The van der Waals surface area contributed by atoms with E-state index in [0.717, 1.165) is 10.9 Å². The van der Waals surface area contributed by atoms with E-state index in [1.807, 2.05) is 0 Å². The first-order valence-corrected chi connectivity index (χ1v) is 17.4. The van der Waals surface area contributed by atoms with Gasteiger partial charge in [0.25, 0.3) is 22.9 Å². The van der Waals surface area contributed by atoms with Gasteiger partial charge in [-0.2, -0.15) is 23.4 Å². The number of benzene rings is 2. The highest BCUT2D eigenvalue weighted by molar-refractivity contribution is 6.41. The molecular formula is C36H28Cl3F3N8O4. The zero-order chi connectivity index (χ0) is 38.7. The number of nitrogens with one attached hydrogen (secondary N) is 2. The molecule has 0 spiro atoms. The van der Waals surface area contributed by atoms with E-state index >= 15 is 0 Å². The second-order valence-corrected chi connectivity index (χ2v) is 12.9. The molecule has 278 valence electrons. The van der Waals surface area contributed by atoms with Gasteiger partial charge in [0.1, 0.15) is 10.0 Å². The summed E-state index contributed by atoms with van der Waals surface area (Å²) in [6.07, 6.45) is 3.05. The highest BCUT2D eigenvalue weighted by atomic mass is 35.5. The molecule has 2 aromatic carbocycles. The second-order valence-electron chi connectivity index (χ2n) is 11.7. The fraction of sp³-hybridized carbons (Fsp3) is 0.167. The average molecular weight is 800 g/mol. The summed E-state index contributed by atoms with van der Waals surface area (Å²) in [6, 6.07) is 16.0. The number of hydrogen-bond acceptors (Lipinski definition) is 6. The molecule has 2 N–H and O–H groups in total. The Morgan fingerprint density at radius 1 is 0.741 bits per heavy atom. The second kappa shape index (κ2) is 15.8. The summed E-state index contributed by atoms with van der Waals surface area (Å²) in [5, 5.41) is 13.1. The lowest BCUT2D eigenvalue weighted by Gasteiger charge is -2.11. The van der Waals surface area contributed by atoms with Crippen LogP contribution >= 0.6 is 34.8 Å². The molecule has 18 heteroatoms. The summed E-state index contributed by atoms with van der Waals surface area (Å²) in [7, 11) is 0. The van der Waals surface area contributed by atoms with E-state index in [4.69, 9.17) is 34.8 Å². The van der Waals surface area contributed by atoms with Crippen LogP contribution in [0.3, 0.4) is 0 Å². The Morgan fingerprint density at radius 3 is 1.93 bits per heavy atom.